The third kappa shape index (κ3) is 3.48. The van der Waals surface area contributed by atoms with Crippen molar-refractivity contribution in [2.24, 2.45) is 0 Å². The molecule has 0 saturated carbocycles. The molecule has 0 aliphatic carbocycles. The summed E-state index contributed by atoms with van der Waals surface area (Å²) >= 11 is 0. The Balaban J connectivity index is 1.49. The standard InChI is InChI=1S/C21H22FN3O4S/c1-15-6-8-16(9-7-15)14-25-19(26)21(23-20(25)27)10-12-24(13-11-21)30(28,29)18-5-3-2-4-17(18)22/h2-9H,10-14H2,1H3,(H,23,27). The zero-order chi connectivity index (χ0) is 21.5. The van der Waals surface area contributed by atoms with E-state index in [0.717, 1.165) is 17.2 Å². The van der Waals surface area contributed by atoms with E-state index in [2.05, 4.69) is 5.32 Å². The van der Waals surface area contributed by atoms with Gasteiger partial charge in [-0.3, -0.25) is 9.69 Å². The Morgan fingerprint density at radius 3 is 2.30 bits per heavy atom. The number of piperidine rings is 1. The van der Waals surface area contributed by atoms with E-state index in [1.54, 1.807) is 0 Å². The molecule has 7 nitrogen and oxygen atoms in total. The highest BCUT2D eigenvalue weighted by atomic mass is 32.2. The molecule has 4 rings (SSSR count). The molecule has 158 valence electrons. The zero-order valence-corrected chi connectivity index (χ0v) is 17.3. The van der Waals surface area contributed by atoms with E-state index in [9.17, 15) is 22.4 Å². The van der Waals surface area contributed by atoms with Gasteiger partial charge in [0.15, 0.2) is 0 Å². The highest BCUT2D eigenvalue weighted by Gasteiger charge is 2.53. The number of imide groups is 1. The van der Waals surface area contributed by atoms with E-state index in [4.69, 9.17) is 0 Å². The number of carbonyl (C=O) groups is 2. The number of carbonyl (C=O) groups excluding carboxylic acids is 2. The third-order valence-corrected chi connectivity index (χ3v) is 7.67. The molecule has 1 spiro atoms. The molecule has 0 aromatic heterocycles. The second kappa shape index (κ2) is 7.48. The van der Waals surface area contributed by atoms with Crippen LogP contribution in [0.5, 0.6) is 0 Å². The molecule has 0 radical (unpaired) electrons. The molecule has 0 unspecified atom stereocenters. The molecular weight excluding hydrogens is 409 g/mol. The summed E-state index contributed by atoms with van der Waals surface area (Å²) in [5.74, 6) is -1.16. The fourth-order valence-corrected chi connectivity index (χ4v) is 5.44. The van der Waals surface area contributed by atoms with Crippen molar-refractivity contribution in [3.8, 4) is 0 Å². The average molecular weight is 431 g/mol. The lowest BCUT2D eigenvalue weighted by atomic mass is 9.88. The molecular formula is C21H22FN3O4S. The predicted octanol–water partition coefficient (Wildman–Crippen LogP) is 2.41. The van der Waals surface area contributed by atoms with E-state index in [-0.39, 0.29) is 43.3 Å². The first kappa shape index (κ1) is 20.5. The van der Waals surface area contributed by atoms with Gasteiger partial charge >= 0.3 is 6.03 Å². The minimum absolute atomic E-state index is 0.0149. The summed E-state index contributed by atoms with van der Waals surface area (Å²) in [6, 6.07) is 12.3. The van der Waals surface area contributed by atoms with Crippen LogP contribution in [0.15, 0.2) is 53.4 Å². The number of urea groups is 1. The average Bonchev–Trinajstić information content (AvgIpc) is 2.94. The molecule has 0 bridgehead atoms. The zero-order valence-electron chi connectivity index (χ0n) is 16.5. The van der Waals surface area contributed by atoms with E-state index < -0.39 is 27.4 Å². The van der Waals surface area contributed by atoms with Crippen molar-refractivity contribution in [3.05, 3.63) is 65.5 Å². The first-order valence-corrected chi connectivity index (χ1v) is 11.1. The normalized spacial score (nSPS) is 19.3. The Bertz CT molecular complexity index is 1090. The maximum Gasteiger partial charge on any atom is 0.325 e. The van der Waals surface area contributed by atoms with Gasteiger partial charge in [0.25, 0.3) is 5.91 Å². The van der Waals surface area contributed by atoms with Gasteiger partial charge in [-0.1, -0.05) is 42.0 Å². The summed E-state index contributed by atoms with van der Waals surface area (Å²) in [5, 5.41) is 2.77. The van der Waals surface area contributed by atoms with Crippen LogP contribution in [0.1, 0.15) is 24.0 Å². The summed E-state index contributed by atoms with van der Waals surface area (Å²) < 4.78 is 40.8. The SMILES string of the molecule is Cc1ccc(CN2C(=O)NC3(CCN(S(=O)(=O)c4ccccc4F)CC3)C2=O)cc1. The molecule has 2 aliphatic heterocycles. The quantitative estimate of drug-likeness (QED) is 0.754. The van der Waals surface area contributed by atoms with Gasteiger partial charge in [-0.2, -0.15) is 4.31 Å². The fraction of sp³-hybridized carbons (Fsp3) is 0.333. The molecule has 0 atom stereocenters. The third-order valence-electron chi connectivity index (χ3n) is 5.74. The number of halogens is 1. The van der Waals surface area contributed by atoms with Crippen molar-refractivity contribution in [1.29, 1.82) is 0 Å². The maximum absolute atomic E-state index is 14.0. The molecule has 9 heteroatoms. The number of nitrogens with zero attached hydrogens (tertiary/aromatic N) is 2. The largest absolute Gasteiger partial charge is 0.325 e. The van der Waals surface area contributed by atoms with Crippen LogP contribution in [0.25, 0.3) is 0 Å². The van der Waals surface area contributed by atoms with Crippen LogP contribution in [-0.4, -0.2) is 48.2 Å². The van der Waals surface area contributed by atoms with Crippen LogP contribution in [0.2, 0.25) is 0 Å². The van der Waals surface area contributed by atoms with Crippen LogP contribution in [0.4, 0.5) is 9.18 Å². The van der Waals surface area contributed by atoms with Crippen LogP contribution >= 0.6 is 0 Å². The highest BCUT2D eigenvalue weighted by Crippen LogP contribution is 2.33. The molecule has 2 aromatic carbocycles. The van der Waals surface area contributed by atoms with E-state index >= 15 is 0 Å². The molecule has 2 saturated heterocycles. The summed E-state index contributed by atoms with van der Waals surface area (Å²) in [4.78, 5) is 26.3. The molecule has 2 heterocycles. The Hall–Kier alpha value is -2.78. The van der Waals surface area contributed by atoms with Crippen molar-refractivity contribution in [3.63, 3.8) is 0 Å². The minimum Gasteiger partial charge on any atom is -0.323 e. The topological polar surface area (TPSA) is 86.8 Å². The van der Waals surface area contributed by atoms with Crippen LogP contribution in [-0.2, 0) is 21.4 Å². The molecule has 30 heavy (non-hydrogen) atoms. The van der Waals surface area contributed by atoms with Crippen molar-refractivity contribution in [1.82, 2.24) is 14.5 Å². The maximum atomic E-state index is 14.0. The molecule has 3 amide bonds. The molecule has 1 N–H and O–H groups in total. The Morgan fingerprint density at radius 1 is 1.03 bits per heavy atom. The van der Waals surface area contributed by atoms with E-state index in [1.165, 1.54) is 27.4 Å². The first-order valence-electron chi connectivity index (χ1n) is 9.67. The van der Waals surface area contributed by atoms with Gasteiger partial charge in [0.2, 0.25) is 10.0 Å². The van der Waals surface area contributed by atoms with Gasteiger partial charge in [0.05, 0.1) is 6.54 Å². The monoisotopic (exact) mass is 431 g/mol. The Morgan fingerprint density at radius 2 is 1.67 bits per heavy atom. The van der Waals surface area contributed by atoms with Crippen molar-refractivity contribution >= 4 is 22.0 Å². The summed E-state index contributed by atoms with van der Waals surface area (Å²) in [6.07, 6.45) is 0.269. The molecule has 2 aromatic rings. The lowest BCUT2D eigenvalue weighted by Gasteiger charge is -2.36. The van der Waals surface area contributed by atoms with E-state index in [1.807, 2.05) is 31.2 Å². The first-order chi connectivity index (χ1) is 14.2. The van der Waals surface area contributed by atoms with Gasteiger partial charge in [0.1, 0.15) is 16.3 Å². The van der Waals surface area contributed by atoms with E-state index in [0.29, 0.717) is 0 Å². The molecule has 2 fully saturated rings. The number of benzene rings is 2. The van der Waals surface area contributed by atoms with Gasteiger partial charge in [-0.25, -0.2) is 17.6 Å². The van der Waals surface area contributed by atoms with Crippen LogP contribution in [0.3, 0.4) is 0 Å². The number of aryl methyl sites for hydroxylation is 1. The smallest absolute Gasteiger partial charge is 0.323 e. The molecule has 2 aliphatic rings. The van der Waals surface area contributed by atoms with Gasteiger partial charge in [-0.15, -0.1) is 0 Å². The Kier molecular flexibility index (Phi) is 5.11. The van der Waals surface area contributed by atoms with Gasteiger partial charge < -0.3 is 5.32 Å². The number of rotatable bonds is 4. The van der Waals surface area contributed by atoms with Crippen LogP contribution in [0, 0.1) is 12.7 Å². The van der Waals surface area contributed by atoms with Crippen molar-refractivity contribution < 1.29 is 22.4 Å². The lowest BCUT2D eigenvalue weighted by molar-refractivity contribution is -0.133. The minimum atomic E-state index is -4.02. The number of sulfonamides is 1. The second-order valence-electron chi connectivity index (χ2n) is 7.72. The summed E-state index contributed by atoms with van der Waals surface area (Å²) in [7, 11) is -4.02. The van der Waals surface area contributed by atoms with Crippen molar-refractivity contribution in [2.45, 2.75) is 36.7 Å². The van der Waals surface area contributed by atoms with Gasteiger partial charge in [-0.05, 0) is 37.5 Å². The Labute approximate surface area is 174 Å². The number of amides is 3. The fourth-order valence-electron chi connectivity index (χ4n) is 3.94. The lowest BCUT2D eigenvalue weighted by Crippen LogP contribution is -2.55. The number of hydrogen-bond donors (Lipinski definition) is 1. The van der Waals surface area contributed by atoms with Crippen molar-refractivity contribution in [2.75, 3.05) is 13.1 Å². The second-order valence-corrected chi connectivity index (χ2v) is 9.63. The van der Waals surface area contributed by atoms with Gasteiger partial charge in [0, 0.05) is 13.1 Å². The van der Waals surface area contributed by atoms with Crippen LogP contribution < -0.4 is 5.32 Å². The number of nitrogens with one attached hydrogen (secondary N) is 1. The number of hydrogen-bond acceptors (Lipinski definition) is 4. The summed E-state index contributed by atoms with van der Waals surface area (Å²) in [6.45, 7) is 2.14. The summed E-state index contributed by atoms with van der Waals surface area (Å²) in [5.41, 5.74) is 0.792. The predicted molar refractivity (Wildman–Crippen MR) is 107 cm³/mol. The highest BCUT2D eigenvalue weighted by molar-refractivity contribution is 7.89.